The zero-order valence-corrected chi connectivity index (χ0v) is 14.3. The Balaban J connectivity index is 0.00000156. The summed E-state index contributed by atoms with van der Waals surface area (Å²) in [6.07, 6.45) is 4.53. The minimum atomic E-state index is -0.112. The van der Waals surface area contributed by atoms with E-state index in [1.165, 1.54) is 0 Å². The van der Waals surface area contributed by atoms with E-state index in [0.29, 0.717) is 0 Å². The molecule has 2 N–H and O–H groups in total. The van der Waals surface area contributed by atoms with E-state index in [0.717, 1.165) is 54.9 Å². The Morgan fingerprint density at radius 1 is 1.39 bits per heavy atom. The molecular formula is C15H20ClN5OS. The quantitative estimate of drug-likeness (QED) is 0.876. The van der Waals surface area contributed by atoms with Crippen LogP contribution in [0, 0.1) is 0 Å². The van der Waals surface area contributed by atoms with Crippen LogP contribution in [0.15, 0.2) is 17.8 Å². The number of halogens is 1. The zero-order valence-electron chi connectivity index (χ0n) is 12.7. The summed E-state index contributed by atoms with van der Waals surface area (Å²) in [6, 6.07) is 2.20. The SMILES string of the molecule is Cl.O=C(NC1CCNC1)C1CCCN1c1ncnc2sccc12. The summed E-state index contributed by atoms with van der Waals surface area (Å²) in [5.74, 6) is 1.03. The fourth-order valence-corrected chi connectivity index (χ4v) is 4.10. The van der Waals surface area contributed by atoms with Gasteiger partial charge >= 0.3 is 0 Å². The molecule has 23 heavy (non-hydrogen) atoms. The molecule has 2 aliphatic rings. The first-order valence-electron chi connectivity index (χ1n) is 7.79. The number of rotatable bonds is 3. The molecule has 124 valence electrons. The molecule has 2 aromatic rings. The summed E-state index contributed by atoms with van der Waals surface area (Å²) >= 11 is 1.61. The second-order valence-corrected chi connectivity index (χ2v) is 6.78. The summed E-state index contributed by atoms with van der Waals surface area (Å²) in [4.78, 5) is 24.5. The van der Waals surface area contributed by atoms with Crippen LogP contribution in [0.3, 0.4) is 0 Å². The summed E-state index contributed by atoms with van der Waals surface area (Å²) in [5.41, 5.74) is 0. The highest BCUT2D eigenvalue weighted by atomic mass is 35.5. The first-order valence-corrected chi connectivity index (χ1v) is 8.67. The highest BCUT2D eigenvalue weighted by Gasteiger charge is 2.34. The van der Waals surface area contributed by atoms with Gasteiger partial charge in [0.15, 0.2) is 0 Å². The van der Waals surface area contributed by atoms with Crippen LogP contribution in [0.1, 0.15) is 19.3 Å². The van der Waals surface area contributed by atoms with Gasteiger partial charge in [-0.05, 0) is 37.3 Å². The Labute approximate surface area is 145 Å². The van der Waals surface area contributed by atoms with Gasteiger partial charge in [-0.25, -0.2) is 9.97 Å². The van der Waals surface area contributed by atoms with E-state index in [4.69, 9.17) is 0 Å². The van der Waals surface area contributed by atoms with Crippen LogP contribution >= 0.6 is 23.7 Å². The molecule has 4 rings (SSSR count). The van der Waals surface area contributed by atoms with Crippen molar-refractivity contribution in [2.45, 2.75) is 31.3 Å². The standard InChI is InChI=1S/C15H19N5OS.ClH/c21-14(19-10-3-5-16-8-10)12-2-1-6-20(12)13-11-4-7-22-15(11)18-9-17-13;/h4,7,9-10,12,16H,1-3,5-6,8H2,(H,19,21);1H. The van der Waals surface area contributed by atoms with Gasteiger partial charge in [-0.1, -0.05) is 0 Å². The number of hydrogen-bond acceptors (Lipinski definition) is 6. The third-order valence-electron chi connectivity index (χ3n) is 4.47. The smallest absolute Gasteiger partial charge is 0.243 e. The molecule has 2 fully saturated rings. The van der Waals surface area contributed by atoms with Gasteiger partial charge in [0.25, 0.3) is 0 Å². The molecule has 8 heteroatoms. The van der Waals surface area contributed by atoms with Crippen molar-refractivity contribution in [2.24, 2.45) is 0 Å². The number of carbonyl (C=O) groups is 1. The van der Waals surface area contributed by atoms with Crippen molar-refractivity contribution in [1.82, 2.24) is 20.6 Å². The van der Waals surface area contributed by atoms with Crippen LogP contribution in [0.2, 0.25) is 0 Å². The first kappa shape index (κ1) is 16.4. The second-order valence-electron chi connectivity index (χ2n) is 5.89. The number of hydrogen-bond donors (Lipinski definition) is 2. The fourth-order valence-electron chi connectivity index (χ4n) is 3.37. The predicted molar refractivity (Wildman–Crippen MR) is 94.4 cm³/mol. The zero-order chi connectivity index (χ0) is 14.9. The van der Waals surface area contributed by atoms with Crippen molar-refractivity contribution in [2.75, 3.05) is 24.5 Å². The largest absolute Gasteiger partial charge is 0.350 e. The van der Waals surface area contributed by atoms with Crippen LogP contribution in [-0.2, 0) is 4.79 Å². The Morgan fingerprint density at radius 2 is 2.30 bits per heavy atom. The Bertz CT molecular complexity index is 687. The highest BCUT2D eigenvalue weighted by Crippen LogP contribution is 2.31. The van der Waals surface area contributed by atoms with Gasteiger partial charge < -0.3 is 15.5 Å². The maximum absolute atomic E-state index is 12.6. The van der Waals surface area contributed by atoms with E-state index in [9.17, 15) is 4.79 Å². The van der Waals surface area contributed by atoms with Gasteiger partial charge in [-0.2, -0.15) is 0 Å². The summed E-state index contributed by atoms with van der Waals surface area (Å²) in [5, 5.41) is 9.54. The van der Waals surface area contributed by atoms with Gasteiger partial charge in [0, 0.05) is 19.1 Å². The topological polar surface area (TPSA) is 70.2 Å². The number of nitrogens with one attached hydrogen (secondary N) is 2. The monoisotopic (exact) mass is 353 g/mol. The third-order valence-corrected chi connectivity index (χ3v) is 5.30. The van der Waals surface area contributed by atoms with E-state index in [1.807, 2.05) is 11.4 Å². The average Bonchev–Trinajstić information content (AvgIpc) is 3.27. The molecule has 1 amide bonds. The third kappa shape index (κ3) is 3.13. The molecule has 4 heterocycles. The summed E-state index contributed by atoms with van der Waals surface area (Å²) in [6.45, 7) is 2.74. The molecule has 0 bridgehead atoms. The molecule has 2 unspecified atom stereocenters. The molecule has 2 aliphatic heterocycles. The van der Waals surface area contributed by atoms with E-state index in [2.05, 4.69) is 25.5 Å². The molecule has 6 nitrogen and oxygen atoms in total. The molecule has 2 aromatic heterocycles. The number of carbonyl (C=O) groups excluding carboxylic acids is 1. The van der Waals surface area contributed by atoms with Gasteiger partial charge in [0.2, 0.25) is 5.91 Å². The highest BCUT2D eigenvalue weighted by molar-refractivity contribution is 7.16. The fraction of sp³-hybridized carbons (Fsp3) is 0.533. The van der Waals surface area contributed by atoms with Gasteiger partial charge in [-0.15, -0.1) is 23.7 Å². The van der Waals surface area contributed by atoms with Crippen molar-refractivity contribution in [1.29, 1.82) is 0 Å². The van der Waals surface area contributed by atoms with Crippen LogP contribution in [0.4, 0.5) is 5.82 Å². The first-order chi connectivity index (χ1) is 10.8. The van der Waals surface area contributed by atoms with Gasteiger partial charge in [0.05, 0.1) is 5.39 Å². The van der Waals surface area contributed by atoms with Crippen molar-refractivity contribution in [3.63, 3.8) is 0 Å². The maximum Gasteiger partial charge on any atom is 0.243 e. The number of amides is 1. The number of anilines is 1. The Hall–Kier alpha value is -1.44. The summed E-state index contributed by atoms with van der Waals surface area (Å²) in [7, 11) is 0. The molecule has 0 aliphatic carbocycles. The van der Waals surface area contributed by atoms with E-state index in [1.54, 1.807) is 17.7 Å². The molecule has 2 atom stereocenters. The number of fused-ring (bicyclic) bond motifs is 1. The van der Waals surface area contributed by atoms with E-state index >= 15 is 0 Å². The van der Waals surface area contributed by atoms with Crippen molar-refractivity contribution in [3.05, 3.63) is 17.8 Å². The molecule has 0 radical (unpaired) electrons. The molecule has 2 saturated heterocycles. The van der Waals surface area contributed by atoms with Crippen molar-refractivity contribution in [3.8, 4) is 0 Å². The van der Waals surface area contributed by atoms with E-state index in [-0.39, 0.29) is 30.4 Å². The van der Waals surface area contributed by atoms with Crippen molar-refractivity contribution < 1.29 is 4.79 Å². The number of nitrogens with zero attached hydrogens (tertiary/aromatic N) is 3. The van der Waals surface area contributed by atoms with Crippen LogP contribution in [0.5, 0.6) is 0 Å². The minimum Gasteiger partial charge on any atom is -0.350 e. The Kier molecular flexibility index (Phi) is 4.99. The van der Waals surface area contributed by atoms with E-state index < -0.39 is 0 Å². The molecular weight excluding hydrogens is 334 g/mol. The van der Waals surface area contributed by atoms with Crippen LogP contribution < -0.4 is 15.5 Å². The lowest BCUT2D eigenvalue weighted by atomic mass is 10.1. The molecule has 0 aromatic carbocycles. The number of thiophene rings is 1. The Morgan fingerprint density at radius 3 is 3.13 bits per heavy atom. The molecule has 0 spiro atoms. The molecule has 0 saturated carbocycles. The summed E-state index contributed by atoms with van der Waals surface area (Å²) < 4.78 is 0. The van der Waals surface area contributed by atoms with Gasteiger partial charge in [0.1, 0.15) is 23.0 Å². The lowest BCUT2D eigenvalue weighted by Gasteiger charge is -2.26. The number of aromatic nitrogens is 2. The minimum absolute atomic E-state index is 0. The predicted octanol–water partition coefficient (Wildman–Crippen LogP) is 1.56. The normalized spacial score (nSPS) is 23.9. The lowest BCUT2D eigenvalue weighted by molar-refractivity contribution is -0.122. The average molecular weight is 354 g/mol. The maximum atomic E-state index is 12.6. The van der Waals surface area contributed by atoms with Crippen LogP contribution in [0.25, 0.3) is 10.2 Å². The van der Waals surface area contributed by atoms with Gasteiger partial charge in [-0.3, -0.25) is 4.79 Å². The van der Waals surface area contributed by atoms with Crippen LogP contribution in [-0.4, -0.2) is 47.6 Å². The second kappa shape index (κ2) is 6.98. The van der Waals surface area contributed by atoms with Crippen molar-refractivity contribution >= 4 is 45.7 Å². The lowest BCUT2D eigenvalue weighted by Crippen LogP contribution is -2.48.